The van der Waals surface area contributed by atoms with Crippen LogP contribution in [-0.4, -0.2) is 30.6 Å². The molecule has 0 fully saturated rings. The van der Waals surface area contributed by atoms with E-state index in [0.717, 1.165) is 24.9 Å². The molecule has 1 atom stereocenters. The number of hydrogen-bond acceptors (Lipinski definition) is 5. The summed E-state index contributed by atoms with van der Waals surface area (Å²) >= 11 is 0. The van der Waals surface area contributed by atoms with E-state index < -0.39 is 0 Å². The van der Waals surface area contributed by atoms with Crippen molar-refractivity contribution in [1.29, 1.82) is 0 Å². The lowest BCUT2D eigenvalue weighted by Gasteiger charge is -2.11. The highest BCUT2D eigenvalue weighted by atomic mass is 16.5. The van der Waals surface area contributed by atoms with Gasteiger partial charge < -0.3 is 20.9 Å². The van der Waals surface area contributed by atoms with Crippen molar-refractivity contribution in [1.82, 2.24) is 0 Å². The number of anilines is 1. The topological polar surface area (TPSA) is 84.6 Å². The first kappa shape index (κ1) is 20.8. The Kier molecular flexibility index (Phi) is 11.2. The predicted octanol–water partition coefficient (Wildman–Crippen LogP) is 2.93. The first-order chi connectivity index (χ1) is 11.1. The lowest BCUT2D eigenvalue weighted by molar-refractivity contribution is -0.119. The van der Waals surface area contributed by atoms with Crippen LogP contribution in [0.15, 0.2) is 18.2 Å². The van der Waals surface area contributed by atoms with Crippen LogP contribution < -0.4 is 15.8 Å². The van der Waals surface area contributed by atoms with Crippen molar-refractivity contribution in [3.63, 3.8) is 0 Å². The zero-order valence-corrected chi connectivity index (χ0v) is 14.0. The fraction of sp³-hybridized carbons (Fsp3) is 0.500. The van der Waals surface area contributed by atoms with Crippen LogP contribution in [0.4, 0.5) is 5.69 Å². The van der Waals surface area contributed by atoms with E-state index in [2.05, 4.69) is 25.1 Å². The highest BCUT2D eigenvalue weighted by Crippen LogP contribution is 2.28. The van der Waals surface area contributed by atoms with E-state index in [1.807, 2.05) is 0 Å². The second-order valence-electron chi connectivity index (χ2n) is 5.21. The molecule has 0 saturated heterocycles. The molecule has 0 radical (unpaired) electrons. The third-order valence-electron chi connectivity index (χ3n) is 3.33. The van der Waals surface area contributed by atoms with Gasteiger partial charge in [0.1, 0.15) is 5.78 Å². The maximum absolute atomic E-state index is 11.8. The maximum Gasteiger partial charge on any atom is 0.162 e. The molecule has 0 aliphatic carbocycles. The monoisotopic (exact) mass is 320 g/mol. The number of carbonyl (C=O) groups is 1. The number of hydrogen-bond donors (Lipinski definition) is 3. The van der Waals surface area contributed by atoms with Crippen LogP contribution in [0, 0.1) is 12.8 Å². The summed E-state index contributed by atoms with van der Waals surface area (Å²) < 4.78 is 5.03. The molecular formula is C18H28N2O3. The van der Waals surface area contributed by atoms with Crippen LogP contribution in [0.5, 0.6) is 11.5 Å². The summed E-state index contributed by atoms with van der Waals surface area (Å²) in [5.41, 5.74) is 6.73. The number of methoxy groups -OCH3 is 1. The van der Waals surface area contributed by atoms with Gasteiger partial charge in [-0.3, -0.25) is 4.79 Å². The van der Waals surface area contributed by atoms with E-state index in [-0.39, 0.29) is 17.6 Å². The van der Waals surface area contributed by atoms with Crippen LogP contribution in [0.3, 0.4) is 0 Å². The minimum atomic E-state index is -0.0220. The van der Waals surface area contributed by atoms with Gasteiger partial charge >= 0.3 is 0 Å². The summed E-state index contributed by atoms with van der Waals surface area (Å²) in [5, 5.41) is 12.6. The number of nitrogens with one attached hydrogen (secondary N) is 1. The van der Waals surface area contributed by atoms with Gasteiger partial charge in [-0.05, 0) is 18.6 Å². The Morgan fingerprint density at radius 1 is 1.43 bits per heavy atom. The minimum Gasteiger partial charge on any atom is -0.504 e. The molecule has 5 nitrogen and oxygen atoms in total. The third kappa shape index (κ3) is 8.74. The quantitative estimate of drug-likeness (QED) is 0.456. The van der Waals surface area contributed by atoms with Crippen LogP contribution in [0.2, 0.25) is 0 Å². The van der Waals surface area contributed by atoms with Gasteiger partial charge in [0.2, 0.25) is 0 Å². The first-order valence-corrected chi connectivity index (χ1v) is 7.78. The number of ether oxygens (including phenoxy) is 1. The summed E-state index contributed by atoms with van der Waals surface area (Å²) in [6, 6.07) is 4.98. The molecule has 0 saturated carbocycles. The van der Waals surface area contributed by atoms with Crippen molar-refractivity contribution in [2.24, 2.45) is 5.73 Å². The Morgan fingerprint density at radius 3 is 2.74 bits per heavy atom. The van der Waals surface area contributed by atoms with Gasteiger partial charge in [0.25, 0.3) is 0 Å². The molecule has 23 heavy (non-hydrogen) atoms. The zero-order valence-electron chi connectivity index (χ0n) is 14.0. The average Bonchev–Trinajstić information content (AvgIpc) is 2.56. The summed E-state index contributed by atoms with van der Waals surface area (Å²) in [5.74, 6) is 0.686. The fourth-order valence-corrected chi connectivity index (χ4v) is 2.10. The number of rotatable bonds is 10. The van der Waals surface area contributed by atoms with Gasteiger partial charge in [-0.25, -0.2) is 0 Å². The molecule has 0 heterocycles. The van der Waals surface area contributed by atoms with Crippen molar-refractivity contribution < 1.29 is 14.6 Å². The number of phenols is 1. The number of nitrogens with two attached hydrogens (primary N) is 1. The third-order valence-corrected chi connectivity index (χ3v) is 3.33. The SMILES string of the molecule is C#C.CCCC[C@H](N)CC(=O)CCNc1ccc(O)c(OC)c1. The average molecular weight is 320 g/mol. The van der Waals surface area contributed by atoms with Crippen molar-refractivity contribution in [2.75, 3.05) is 19.0 Å². The van der Waals surface area contributed by atoms with Gasteiger partial charge in [0, 0.05) is 37.2 Å². The normalized spacial score (nSPS) is 11.0. The van der Waals surface area contributed by atoms with Crippen LogP contribution in [0.25, 0.3) is 0 Å². The number of carbonyl (C=O) groups excluding carboxylic acids is 1. The number of ketones is 1. The van der Waals surface area contributed by atoms with E-state index in [9.17, 15) is 9.90 Å². The van der Waals surface area contributed by atoms with Crippen LogP contribution in [0.1, 0.15) is 39.0 Å². The molecule has 0 bridgehead atoms. The standard InChI is InChI=1S/C16H26N2O3.C2H2/c1-3-4-5-12(17)10-14(19)8-9-18-13-6-7-15(20)16(11-13)21-2;1-2/h6-7,11-12,18,20H,3-5,8-10,17H2,1-2H3;1-2H/t12-;/m0./s1. The van der Waals surface area contributed by atoms with Gasteiger partial charge in [-0.1, -0.05) is 19.8 Å². The molecule has 4 N–H and O–H groups in total. The van der Waals surface area contributed by atoms with Crippen molar-refractivity contribution in [2.45, 2.75) is 45.1 Å². The molecule has 0 spiro atoms. The molecule has 0 aliphatic heterocycles. The maximum atomic E-state index is 11.8. The van der Waals surface area contributed by atoms with Crippen LogP contribution >= 0.6 is 0 Å². The molecule has 128 valence electrons. The van der Waals surface area contributed by atoms with E-state index in [1.165, 1.54) is 7.11 Å². The molecule has 1 aromatic rings. The van der Waals surface area contributed by atoms with E-state index in [4.69, 9.17) is 10.5 Å². The highest BCUT2D eigenvalue weighted by molar-refractivity contribution is 5.79. The van der Waals surface area contributed by atoms with Crippen molar-refractivity contribution in [3.8, 4) is 24.3 Å². The number of aromatic hydroxyl groups is 1. The minimum absolute atomic E-state index is 0.0220. The van der Waals surface area contributed by atoms with Gasteiger partial charge in [0.05, 0.1) is 7.11 Å². The first-order valence-electron chi connectivity index (χ1n) is 7.78. The summed E-state index contributed by atoms with van der Waals surface area (Å²) in [4.78, 5) is 11.8. The Balaban J connectivity index is 0.00000232. The molecule has 0 amide bonds. The Morgan fingerprint density at radius 2 is 2.13 bits per heavy atom. The van der Waals surface area contributed by atoms with E-state index in [0.29, 0.717) is 25.1 Å². The summed E-state index contributed by atoms with van der Waals surface area (Å²) in [7, 11) is 1.50. The fourth-order valence-electron chi connectivity index (χ4n) is 2.10. The van der Waals surface area contributed by atoms with E-state index in [1.54, 1.807) is 18.2 Å². The van der Waals surface area contributed by atoms with Gasteiger partial charge in [-0.15, -0.1) is 12.8 Å². The summed E-state index contributed by atoms with van der Waals surface area (Å²) in [6.07, 6.45) is 12.0. The molecule has 0 aliphatic rings. The Labute approximate surface area is 139 Å². The second kappa shape index (κ2) is 12.4. The van der Waals surface area contributed by atoms with E-state index >= 15 is 0 Å². The smallest absolute Gasteiger partial charge is 0.162 e. The molecule has 5 heteroatoms. The number of Topliss-reactive ketones (excluding diaryl/α,β-unsaturated/α-hetero) is 1. The Bertz CT molecular complexity index is 486. The second-order valence-corrected chi connectivity index (χ2v) is 5.21. The molecular weight excluding hydrogens is 292 g/mol. The number of phenolic OH excluding ortho intramolecular Hbond substituents is 1. The number of benzene rings is 1. The van der Waals surface area contributed by atoms with Crippen molar-refractivity contribution in [3.05, 3.63) is 18.2 Å². The Hall–Kier alpha value is -2.19. The summed E-state index contributed by atoms with van der Waals surface area (Å²) in [6.45, 7) is 2.66. The zero-order chi connectivity index (χ0) is 17.7. The van der Waals surface area contributed by atoms with Crippen LogP contribution in [-0.2, 0) is 4.79 Å². The number of terminal acetylenes is 1. The largest absolute Gasteiger partial charge is 0.504 e. The lowest BCUT2D eigenvalue weighted by Crippen LogP contribution is -2.24. The lowest BCUT2D eigenvalue weighted by atomic mass is 10.0. The highest BCUT2D eigenvalue weighted by Gasteiger charge is 2.09. The number of unbranched alkanes of at least 4 members (excludes halogenated alkanes) is 1. The van der Waals surface area contributed by atoms with Crippen molar-refractivity contribution >= 4 is 11.5 Å². The van der Waals surface area contributed by atoms with Gasteiger partial charge in [-0.2, -0.15) is 0 Å². The molecule has 1 aromatic carbocycles. The molecule has 0 unspecified atom stereocenters. The predicted molar refractivity (Wildman–Crippen MR) is 94.8 cm³/mol. The molecule has 0 aromatic heterocycles. The van der Waals surface area contributed by atoms with Gasteiger partial charge in [0.15, 0.2) is 11.5 Å². The molecule has 1 rings (SSSR count).